The summed E-state index contributed by atoms with van der Waals surface area (Å²) in [6.07, 6.45) is 1.93. The SMILES string of the molecule is NS(=O)(=O)c1ccc(NC(=O)N2CCCC2c2cccs2)cc1. The molecule has 2 heterocycles. The Bertz CT molecular complexity index is 786. The lowest BCUT2D eigenvalue weighted by molar-refractivity contribution is 0.208. The topological polar surface area (TPSA) is 92.5 Å². The second kappa shape index (κ2) is 6.31. The van der Waals surface area contributed by atoms with E-state index in [1.165, 1.54) is 29.1 Å². The number of anilines is 1. The molecule has 0 spiro atoms. The van der Waals surface area contributed by atoms with Crippen molar-refractivity contribution in [1.29, 1.82) is 0 Å². The molecule has 0 saturated carbocycles. The summed E-state index contributed by atoms with van der Waals surface area (Å²) < 4.78 is 22.5. The number of carbonyl (C=O) groups excluding carboxylic acids is 1. The summed E-state index contributed by atoms with van der Waals surface area (Å²) in [6, 6.07) is 9.80. The first-order chi connectivity index (χ1) is 10.9. The van der Waals surface area contributed by atoms with Crippen LogP contribution in [0.15, 0.2) is 46.7 Å². The summed E-state index contributed by atoms with van der Waals surface area (Å²) in [5, 5.41) is 9.88. The highest BCUT2D eigenvalue weighted by Gasteiger charge is 2.30. The quantitative estimate of drug-likeness (QED) is 0.890. The maximum atomic E-state index is 12.5. The Morgan fingerprint density at radius 2 is 2.00 bits per heavy atom. The Balaban J connectivity index is 1.71. The molecule has 0 bridgehead atoms. The molecule has 3 rings (SSSR count). The molecule has 2 aromatic rings. The summed E-state index contributed by atoms with van der Waals surface area (Å²) in [5.74, 6) is 0. The maximum absolute atomic E-state index is 12.5. The van der Waals surface area contributed by atoms with Gasteiger partial charge in [0.1, 0.15) is 0 Å². The third-order valence-electron chi connectivity index (χ3n) is 3.82. The van der Waals surface area contributed by atoms with Crippen molar-refractivity contribution in [2.24, 2.45) is 5.14 Å². The van der Waals surface area contributed by atoms with E-state index in [0.29, 0.717) is 12.2 Å². The van der Waals surface area contributed by atoms with E-state index in [4.69, 9.17) is 5.14 Å². The van der Waals surface area contributed by atoms with Crippen molar-refractivity contribution < 1.29 is 13.2 Å². The van der Waals surface area contributed by atoms with Crippen molar-refractivity contribution in [1.82, 2.24) is 4.90 Å². The lowest BCUT2D eigenvalue weighted by Gasteiger charge is -2.24. The molecule has 1 aromatic carbocycles. The van der Waals surface area contributed by atoms with Crippen LogP contribution < -0.4 is 10.5 Å². The fourth-order valence-corrected chi connectivity index (χ4v) is 4.10. The van der Waals surface area contributed by atoms with Crippen LogP contribution in [0.3, 0.4) is 0 Å². The Hall–Kier alpha value is -1.90. The second-order valence-electron chi connectivity index (χ2n) is 5.37. The monoisotopic (exact) mass is 351 g/mol. The van der Waals surface area contributed by atoms with Crippen molar-refractivity contribution in [2.75, 3.05) is 11.9 Å². The largest absolute Gasteiger partial charge is 0.322 e. The van der Waals surface area contributed by atoms with Gasteiger partial charge in [0.25, 0.3) is 0 Å². The molecule has 23 heavy (non-hydrogen) atoms. The molecule has 1 aromatic heterocycles. The number of likely N-dealkylation sites (tertiary alicyclic amines) is 1. The van der Waals surface area contributed by atoms with Gasteiger partial charge in [0.2, 0.25) is 10.0 Å². The van der Waals surface area contributed by atoms with Crippen LogP contribution in [0, 0.1) is 0 Å². The molecule has 3 N–H and O–H groups in total. The van der Waals surface area contributed by atoms with Gasteiger partial charge in [-0.1, -0.05) is 6.07 Å². The van der Waals surface area contributed by atoms with Gasteiger partial charge in [-0.2, -0.15) is 0 Å². The van der Waals surface area contributed by atoms with Crippen LogP contribution in [0.5, 0.6) is 0 Å². The molecule has 1 aliphatic heterocycles. The lowest BCUT2D eigenvalue weighted by Crippen LogP contribution is -2.34. The van der Waals surface area contributed by atoms with E-state index in [1.807, 2.05) is 22.4 Å². The highest BCUT2D eigenvalue weighted by molar-refractivity contribution is 7.89. The summed E-state index contributed by atoms with van der Waals surface area (Å²) in [7, 11) is -3.72. The van der Waals surface area contributed by atoms with Gasteiger partial charge in [0, 0.05) is 17.1 Å². The van der Waals surface area contributed by atoms with Gasteiger partial charge in [0.05, 0.1) is 10.9 Å². The van der Waals surface area contributed by atoms with Crippen LogP contribution in [-0.4, -0.2) is 25.9 Å². The summed E-state index contributed by atoms with van der Waals surface area (Å²) in [6.45, 7) is 0.712. The van der Waals surface area contributed by atoms with Crippen molar-refractivity contribution in [3.05, 3.63) is 46.7 Å². The number of sulfonamides is 1. The number of urea groups is 1. The first-order valence-corrected chi connectivity index (χ1v) is 9.61. The van der Waals surface area contributed by atoms with E-state index in [2.05, 4.69) is 5.32 Å². The lowest BCUT2D eigenvalue weighted by atomic mass is 10.2. The third kappa shape index (κ3) is 3.54. The minimum Gasteiger partial charge on any atom is -0.317 e. The highest BCUT2D eigenvalue weighted by atomic mass is 32.2. The normalized spacial score (nSPS) is 18.1. The summed E-state index contributed by atoms with van der Waals surface area (Å²) in [4.78, 5) is 15.5. The average Bonchev–Trinajstić information content (AvgIpc) is 3.17. The molecule has 6 nitrogen and oxygen atoms in total. The molecule has 2 amide bonds. The number of benzene rings is 1. The van der Waals surface area contributed by atoms with E-state index >= 15 is 0 Å². The zero-order chi connectivity index (χ0) is 16.4. The molecule has 8 heteroatoms. The highest BCUT2D eigenvalue weighted by Crippen LogP contribution is 2.34. The zero-order valence-electron chi connectivity index (χ0n) is 12.3. The molecular formula is C15H17N3O3S2. The maximum Gasteiger partial charge on any atom is 0.322 e. The number of nitrogens with zero attached hydrogens (tertiary/aromatic N) is 1. The van der Waals surface area contributed by atoms with E-state index in [1.54, 1.807) is 11.3 Å². The van der Waals surface area contributed by atoms with E-state index < -0.39 is 10.0 Å². The standard InChI is InChI=1S/C15H17N3O3S2/c16-23(20,21)12-7-5-11(6-8-12)17-15(19)18-9-1-3-13(18)14-4-2-10-22-14/h2,4-8,10,13H,1,3,9H2,(H,17,19)(H2,16,20,21). The molecule has 1 unspecified atom stereocenters. The Labute approximate surface area is 139 Å². The molecule has 0 aliphatic carbocycles. The molecule has 1 saturated heterocycles. The molecule has 1 aliphatic rings. The summed E-state index contributed by atoms with van der Waals surface area (Å²) >= 11 is 1.65. The second-order valence-corrected chi connectivity index (χ2v) is 7.91. The number of rotatable bonds is 3. The molecular weight excluding hydrogens is 334 g/mol. The Kier molecular flexibility index (Phi) is 4.38. The van der Waals surface area contributed by atoms with Crippen LogP contribution in [0.4, 0.5) is 10.5 Å². The van der Waals surface area contributed by atoms with Crippen LogP contribution in [0.1, 0.15) is 23.8 Å². The molecule has 122 valence electrons. The molecule has 1 atom stereocenters. The first-order valence-electron chi connectivity index (χ1n) is 7.19. The minimum absolute atomic E-state index is 0.0214. The van der Waals surface area contributed by atoms with E-state index in [9.17, 15) is 13.2 Å². The number of hydrogen-bond acceptors (Lipinski definition) is 4. The fourth-order valence-electron chi connectivity index (χ4n) is 2.71. The van der Waals surface area contributed by atoms with E-state index in [-0.39, 0.29) is 17.0 Å². The van der Waals surface area contributed by atoms with Gasteiger partial charge >= 0.3 is 6.03 Å². The number of amides is 2. The summed E-state index contributed by atoms with van der Waals surface area (Å²) in [5.41, 5.74) is 0.541. The minimum atomic E-state index is -3.72. The average molecular weight is 351 g/mol. The number of nitrogens with one attached hydrogen (secondary N) is 1. The number of nitrogens with two attached hydrogens (primary N) is 1. The van der Waals surface area contributed by atoms with Crippen LogP contribution >= 0.6 is 11.3 Å². The van der Waals surface area contributed by atoms with Crippen molar-refractivity contribution >= 4 is 33.1 Å². The van der Waals surface area contributed by atoms with Gasteiger partial charge in [-0.3, -0.25) is 0 Å². The molecule has 1 fully saturated rings. The van der Waals surface area contributed by atoms with E-state index in [0.717, 1.165) is 12.8 Å². The number of primary sulfonamides is 1. The smallest absolute Gasteiger partial charge is 0.317 e. The number of hydrogen-bond donors (Lipinski definition) is 2. The third-order valence-corrected chi connectivity index (χ3v) is 5.72. The van der Waals surface area contributed by atoms with Crippen molar-refractivity contribution in [2.45, 2.75) is 23.8 Å². The van der Waals surface area contributed by atoms with Gasteiger partial charge < -0.3 is 10.2 Å². The number of thiophene rings is 1. The fraction of sp³-hybridized carbons (Fsp3) is 0.267. The van der Waals surface area contributed by atoms with Crippen molar-refractivity contribution in [3.8, 4) is 0 Å². The zero-order valence-corrected chi connectivity index (χ0v) is 13.9. The predicted octanol–water partition coefficient (Wildman–Crippen LogP) is 2.76. The van der Waals surface area contributed by atoms with Crippen LogP contribution in [0.2, 0.25) is 0 Å². The van der Waals surface area contributed by atoms with Crippen LogP contribution in [0.25, 0.3) is 0 Å². The van der Waals surface area contributed by atoms with Gasteiger partial charge in [-0.25, -0.2) is 18.4 Å². The number of carbonyl (C=O) groups is 1. The van der Waals surface area contributed by atoms with Gasteiger partial charge in [0.15, 0.2) is 0 Å². The first kappa shape index (κ1) is 16.0. The van der Waals surface area contributed by atoms with Gasteiger partial charge in [-0.15, -0.1) is 11.3 Å². The Morgan fingerprint density at radius 1 is 1.26 bits per heavy atom. The van der Waals surface area contributed by atoms with Crippen LogP contribution in [-0.2, 0) is 10.0 Å². The van der Waals surface area contributed by atoms with Gasteiger partial charge in [-0.05, 0) is 48.6 Å². The predicted molar refractivity (Wildman–Crippen MR) is 89.8 cm³/mol. The Morgan fingerprint density at radius 3 is 2.61 bits per heavy atom. The molecule has 0 radical (unpaired) electrons. The van der Waals surface area contributed by atoms with Crippen molar-refractivity contribution in [3.63, 3.8) is 0 Å².